The van der Waals surface area contributed by atoms with Crippen LogP contribution in [0, 0.1) is 5.82 Å². The van der Waals surface area contributed by atoms with Gasteiger partial charge >= 0.3 is 5.97 Å². The van der Waals surface area contributed by atoms with Crippen molar-refractivity contribution in [2.75, 3.05) is 11.9 Å². The number of hydrogen-bond donors (Lipinski definition) is 1. The summed E-state index contributed by atoms with van der Waals surface area (Å²) in [5.74, 6) is -1.73. The van der Waals surface area contributed by atoms with Crippen molar-refractivity contribution in [1.29, 1.82) is 0 Å². The van der Waals surface area contributed by atoms with Gasteiger partial charge in [0.25, 0.3) is 5.91 Å². The molecule has 3 aromatic rings. The van der Waals surface area contributed by atoms with Crippen molar-refractivity contribution < 1.29 is 18.7 Å². The van der Waals surface area contributed by atoms with Gasteiger partial charge in [0.1, 0.15) is 11.5 Å². The molecule has 0 bridgehead atoms. The van der Waals surface area contributed by atoms with Gasteiger partial charge in [0.15, 0.2) is 6.61 Å². The highest BCUT2D eigenvalue weighted by Crippen LogP contribution is 2.12. The fourth-order valence-corrected chi connectivity index (χ4v) is 2.15. The third-order valence-electron chi connectivity index (χ3n) is 3.25. The molecule has 2 aromatic carbocycles. The number of nitrogens with one attached hydrogen (secondary N) is 1. The summed E-state index contributed by atoms with van der Waals surface area (Å²) in [6.07, 6.45) is 0. The molecule has 0 atom stereocenters. The maximum atomic E-state index is 13.0. The number of anilines is 1. The molecule has 0 aliphatic carbocycles. The van der Waals surface area contributed by atoms with Crippen LogP contribution in [0.15, 0.2) is 60.7 Å². The van der Waals surface area contributed by atoms with Crippen LogP contribution in [0.2, 0.25) is 0 Å². The number of pyridine rings is 1. The molecule has 0 unspecified atom stereocenters. The van der Waals surface area contributed by atoms with Gasteiger partial charge in [-0.25, -0.2) is 14.2 Å². The van der Waals surface area contributed by atoms with E-state index in [1.54, 1.807) is 12.1 Å². The van der Waals surface area contributed by atoms with Crippen molar-refractivity contribution >= 4 is 28.5 Å². The predicted octanol–water partition coefficient (Wildman–Crippen LogP) is 3.17. The van der Waals surface area contributed by atoms with Crippen molar-refractivity contribution in [2.45, 2.75) is 0 Å². The van der Waals surface area contributed by atoms with E-state index >= 15 is 0 Å². The molecule has 1 amide bonds. The lowest BCUT2D eigenvalue weighted by atomic mass is 10.2. The molecule has 0 radical (unpaired) electrons. The number of nitrogens with zero attached hydrogens (tertiary/aromatic N) is 1. The summed E-state index contributed by atoms with van der Waals surface area (Å²) < 4.78 is 18.0. The van der Waals surface area contributed by atoms with Gasteiger partial charge in [-0.2, -0.15) is 0 Å². The summed E-state index contributed by atoms with van der Waals surface area (Å²) in [5, 5.41) is 3.34. The summed E-state index contributed by atoms with van der Waals surface area (Å²) in [4.78, 5) is 27.9. The minimum atomic E-state index is -0.699. The zero-order chi connectivity index (χ0) is 16.9. The Morgan fingerprint density at radius 1 is 1.04 bits per heavy atom. The van der Waals surface area contributed by atoms with E-state index < -0.39 is 24.3 Å². The molecule has 24 heavy (non-hydrogen) atoms. The van der Waals surface area contributed by atoms with E-state index in [1.165, 1.54) is 30.3 Å². The van der Waals surface area contributed by atoms with Crippen LogP contribution < -0.4 is 5.32 Å². The van der Waals surface area contributed by atoms with Crippen LogP contribution in [0.5, 0.6) is 0 Å². The zero-order valence-electron chi connectivity index (χ0n) is 12.5. The number of amides is 1. The second-order valence-electron chi connectivity index (χ2n) is 5.02. The molecule has 1 heterocycles. The Labute approximate surface area is 137 Å². The number of rotatable bonds is 4. The van der Waals surface area contributed by atoms with Gasteiger partial charge in [0, 0.05) is 11.1 Å². The third kappa shape index (κ3) is 3.73. The molecule has 6 heteroatoms. The van der Waals surface area contributed by atoms with E-state index in [4.69, 9.17) is 4.74 Å². The number of aromatic nitrogens is 1. The first-order chi connectivity index (χ1) is 11.6. The minimum Gasteiger partial charge on any atom is -0.451 e. The lowest BCUT2D eigenvalue weighted by molar-refractivity contribution is -0.119. The summed E-state index contributed by atoms with van der Waals surface area (Å²) in [6.45, 7) is -0.482. The summed E-state index contributed by atoms with van der Waals surface area (Å²) in [7, 11) is 0. The molecular formula is C18H13FN2O3. The Balaban J connectivity index is 1.60. The van der Waals surface area contributed by atoms with Gasteiger partial charge in [-0.1, -0.05) is 30.3 Å². The largest absolute Gasteiger partial charge is 0.451 e. The standard InChI is InChI=1S/C18H13FN2O3/c19-13-5-3-6-14(10-13)20-17(22)11-24-18(23)16-9-8-12-4-1-2-7-15(12)21-16/h1-10H,11H2,(H,20,22). The summed E-state index contributed by atoms with van der Waals surface area (Å²) in [6, 6.07) is 16.1. The van der Waals surface area contributed by atoms with E-state index in [1.807, 2.05) is 18.2 Å². The Morgan fingerprint density at radius 2 is 1.88 bits per heavy atom. The van der Waals surface area contributed by atoms with Gasteiger partial charge in [-0.3, -0.25) is 4.79 Å². The van der Waals surface area contributed by atoms with Crippen molar-refractivity contribution in [3.05, 3.63) is 72.2 Å². The van der Waals surface area contributed by atoms with Crippen molar-refractivity contribution in [3.63, 3.8) is 0 Å². The number of halogens is 1. The van der Waals surface area contributed by atoms with Crippen LogP contribution in [0.4, 0.5) is 10.1 Å². The smallest absolute Gasteiger partial charge is 0.357 e. The quantitative estimate of drug-likeness (QED) is 0.749. The molecule has 1 aromatic heterocycles. The van der Waals surface area contributed by atoms with Crippen LogP contribution in [-0.2, 0) is 9.53 Å². The highest BCUT2D eigenvalue weighted by molar-refractivity contribution is 5.95. The number of carbonyl (C=O) groups is 2. The Kier molecular flexibility index (Phi) is 4.47. The fraction of sp³-hybridized carbons (Fsp3) is 0.0556. The lowest BCUT2D eigenvalue weighted by Gasteiger charge is -2.07. The second kappa shape index (κ2) is 6.87. The van der Waals surface area contributed by atoms with E-state index in [2.05, 4.69) is 10.3 Å². The van der Waals surface area contributed by atoms with Crippen molar-refractivity contribution in [1.82, 2.24) is 4.98 Å². The Morgan fingerprint density at radius 3 is 2.71 bits per heavy atom. The first kappa shape index (κ1) is 15.6. The van der Waals surface area contributed by atoms with Crippen LogP contribution in [0.3, 0.4) is 0 Å². The molecule has 5 nitrogen and oxygen atoms in total. The first-order valence-corrected chi connectivity index (χ1v) is 7.20. The first-order valence-electron chi connectivity index (χ1n) is 7.20. The molecular weight excluding hydrogens is 311 g/mol. The topological polar surface area (TPSA) is 68.3 Å². The van der Waals surface area contributed by atoms with E-state index in [-0.39, 0.29) is 5.69 Å². The van der Waals surface area contributed by atoms with Crippen molar-refractivity contribution in [3.8, 4) is 0 Å². The molecule has 0 aliphatic rings. The Bertz CT molecular complexity index is 911. The van der Waals surface area contributed by atoms with Gasteiger partial charge in [-0.05, 0) is 30.3 Å². The SMILES string of the molecule is O=C(COC(=O)c1ccc2ccccc2n1)Nc1cccc(F)c1. The lowest BCUT2D eigenvalue weighted by Crippen LogP contribution is -2.21. The van der Waals surface area contributed by atoms with Crippen molar-refractivity contribution in [2.24, 2.45) is 0 Å². The number of ether oxygens (including phenoxy) is 1. The van der Waals surface area contributed by atoms with Crippen LogP contribution in [-0.4, -0.2) is 23.5 Å². The number of carbonyl (C=O) groups excluding carboxylic acids is 2. The van der Waals surface area contributed by atoms with Gasteiger partial charge in [0.05, 0.1) is 5.52 Å². The average molecular weight is 324 g/mol. The number of hydrogen-bond acceptors (Lipinski definition) is 4. The fourth-order valence-electron chi connectivity index (χ4n) is 2.15. The highest BCUT2D eigenvalue weighted by Gasteiger charge is 2.12. The van der Waals surface area contributed by atoms with E-state index in [0.29, 0.717) is 11.2 Å². The summed E-state index contributed by atoms with van der Waals surface area (Å²) in [5.41, 5.74) is 1.07. The number of para-hydroxylation sites is 1. The molecule has 0 spiro atoms. The molecule has 0 fully saturated rings. The number of benzene rings is 2. The van der Waals surface area contributed by atoms with Crippen LogP contribution in [0.1, 0.15) is 10.5 Å². The molecule has 3 rings (SSSR count). The van der Waals surface area contributed by atoms with E-state index in [9.17, 15) is 14.0 Å². The maximum Gasteiger partial charge on any atom is 0.357 e. The van der Waals surface area contributed by atoms with Gasteiger partial charge < -0.3 is 10.1 Å². The molecule has 0 saturated carbocycles. The minimum absolute atomic E-state index is 0.118. The number of esters is 1. The monoisotopic (exact) mass is 324 g/mol. The molecule has 1 N–H and O–H groups in total. The van der Waals surface area contributed by atoms with Crippen LogP contribution in [0.25, 0.3) is 10.9 Å². The molecule has 0 aliphatic heterocycles. The average Bonchev–Trinajstić information content (AvgIpc) is 2.59. The molecule has 120 valence electrons. The molecule has 0 saturated heterocycles. The van der Waals surface area contributed by atoms with Gasteiger partial charge in [-0.15, -0.1) is 0 Å². The van der Waals surface area contributed by atoms with E-state index in [0.717, 1.165) is 5.39 Å². The highest BCUT2D eigenvalue weighted by atomic mass is 19.1. The third-order valence-corrected chi connectivity index (χ3v) is 3.25. The van der Waals surface area contributed by atoms with Gasteiger partial charge in [0.2, 0.25) is 0 Å². The van der Waals surface area contributed by atoms with Crippen LogP contribution >= 0.6 is 0 Å². The second-order valence-corrected chi connectivity index (χ2v) is 5.02. The number of fused-ring (bicyclic) bond motifs is 1. The maximum absolute atomic E-state index is 13.0. The normalized spacial score (nSPS) is 10.4. The zero-order valence-corrected chi connectivity index (χ0v) is 12.5. The summed E-state index contributed by atoms with van der Waals surface area (Å²) >= 11 is 0. The predicted molar refractivity (Wildman–Crippen MR) is 87.1 cm³/mol. The Hall–Kier alpha value is -3.28.